The summed E-state index contributed by atoms with van der Waals surface area (Å²) in [6.07, 6.45) is 1.58. The minimum absolute atomic E-state index is 0. The number of aryl methyl sites for hydroxylation is 1. The molecule has 0 saturated heterocycles. The molecule has 70 heavy (non-hydrogen) atoms. The zero-order chi connectivity index (χ0) is 62.6. The SMILES string of the molecule is [2H]C([2H])([2H])c1cc(-c2c(C([2H])(C)C)cccc2C([2H])(C)C)ccc1-n1c(-c2cc(C([2H])(C)C)cc(C([2H])(C)C)c2O)nc2c(-c3[c-]c(-c4cc(-c5ccc(C(C([2H])([2H])[2H])(C([2H])([2H])[2H])C([2H])([2H])[2H])cc5)ccn4)cc(-c4ccccc4)c3)cccc21.[Pt]. The zero-order valence-electron chi connectivity index (χ0n) is 56.5. The van der Waals surface area contributed by atoms with Crippen molar-refractivity contribution in [3.63, 3.8) is 0 Å². The minimum atomic E-state index is -3.43. The number of para-hydroxylation sites is 1. The van der Waals surface area contributed by atoms with Crippen LogP contribution in [0.15, 0.2) is 152 Å². The summed E-state index contributed by atoms with van der Waals surface area (Å²) in [4.78, 5) is 10.1. The minimum Gasteiger partial charge on any atom is -0.507 e. The van der Waals surface area contributed by atoms with E-state index < -0.39 is 56.4 Å². The maximum absolute atomic E-state index is 12.5. The molecule has 9 aromatic rings. The van der Waals surface area contributed by atoms with Crippen molar-refractivity contribution in [3.05, 3.63) is 191 Å². The summed E-state index contributed by atoms with van der Waals surface area (Å²) in [5.74, 6) is -5.07. The molecule has 4 nitrogen and oxygen atoms in total. The molecule has 0 bridgehead atoms. The summed E-state index contributed by atoms with van der Waals surface area (Å²) >= 11 is 0. The van der Waals surface area contributed by atoms with Crippen molar-refractivity contribution in [2.45, 2.75) is 112 Å². The smallest absolute Gasteiger partial charge is 0.148 e. The number of benzene rings is 7. The molecule has 0 spiro atoms. The number of aromatic hydroxyl groups is 1. The third-order valence-corrected chi connectivity index (χ3v) is 12.8. The van der Waals surface area contributed by atoms with Gasteiger partial charge in [0.1, 0.15) is 11.6 Å². The van der Waals surface area contributed by atoms with Crippen LogP contribution in [0.5, 0.6) is 5.75 Å². The molecule has 2 heterocycles. The van der Waals surface area contributed by atoms with Gasteiger partial charge in [0.25, 0.3) is 0 Å². The molecule has 0 atom stereocenters. The third kappa shape index (κ3) is 9.73. The van der Waals surface area contributed by atoms with Crippen LogP contribution in [-0.2, 0) is 26.5 Å². The van der Waals surface area contributed by atoms with Gasteiger partial charge in [0.15, 0.2) is 0 Å². The fraction of sp³-hybridized carbons (Fsp3) is 0.262. The second kappa shape index (κ2) is 20.2. The Kier molecular flexibility index (Phi) is 9.59. The van der Waals surface area contributed by atoms with Crippen LogP contribution in [0.3, 0.4) is 0 Å². The van der Waals surface area contributed by atoms with Crippen LogP contribution in [0.2, 0.25) is 0 Å². The topological polar surface area (TPSA) is 50.9 Å². The number of hydrogen-bond acceptors (Lipinski definition) is 3. The van der Waals surface area contributed by atoms with Gasteiger partial charge >= 0.3 is 0 Å². The van der Waals surface area contributed by atoms with E-state index in [9.17, 15) is 14.7 Å². The van der Waals surface area contributed by atoms with Crippen LogP contribution in [0, 0.1) is 12.9 Å². The van der Waals surface area contributed by atoms with Crippen molar-refractivity contribution in [3.8, 4) is 78.6 Å². The Hall–Kier alpha value is -6.35. The molecule has 2 aromatic heterocycles. The van der Waals surface area contributed by atoms with Gasteiger partial charge in [0.05, 0.1) is 22.3 Å². The van der Waals surface area contributed by atoms with E-state index in [0.717, 1.165) is 11.1 Å². The van der Waals surface area contributed by atoms with Gasteiger partial charge in [0, 0.05) is 54.9 Å². The van der Waals surface area contributed by atoms with Gasteiger partial charge in [-0.1, -0.05) is 196 Å². The fourth-order valence-corrected chi connectivity index (χ4v) is 9.12. The van der Waals surface area contributed by atoms with Crippen LogP contribution in [-0.4, -0.2) is 19.6 Å². The number of imidazole rings is 1. The Morgan fingerprint density at radius 1 is 0.586 bits per heavy atom. The van der Waals surface area contributed by atoms with Crippen molar-refractivity contribution >= 4 is 11.0 Å². The predicted octanol–water partition coefficient (Wildman–Crippen LogP) is 18.0. The average Bonchev–Trinajstić information content (AvgIpc) is 1.28. The third-order valence-electron chi connectivity index (χ3n) is 12.8. The van der Waals surface area contributed by atoms with E-state index in [4.69, 9.17) is 22.3 Å². The maximum atomic E-state index is 12.5. The Morgan fingerprint density at radius 3 is 1.90 bits per heavy atom. The molecule has 0 radical (unpaired) electrons. The zero-order valence-corrected chi connectivity index (χ0v) is 42.8. The number of pyridine rings is 1. The van der Waals surface area contributed by atoms with Gasteiger partial charge in [-0.3, -0.25) is 9.55 Å². The number of hydrogen-bond donors (Lipinski definition) is 1. The molecule has 358 valence electrons. The molecule has 0 saturated carbocycles. The molecule has 0 unspecified atom stereocenters. The number of phenolic OH excluding ortho intramolecular Hbond substituents is 1. The largest absolute Gasteiger partial charge is 0.507 e. The van der Waals surface area contributed by atoms with Crippen LogP contribution in [0.1, 0.15) is 155 Å². The average molecular weight is 1120 g/mol. The standard InChI is InChI=1S/C65H66N3O.Pt/c1-39(2)48-36-56(42(7)8)63(69)57(37-48)64-67-62-55(22-17-23-60(62)68(64)59-29-26-47(32-43(59)9)61-53(40(3)4)20-16-21-54(61)41(5)6)50-33-49(44-18-14-13-15-19-44)34-51(35-50)58-38-46(30-31-66-58)45-24-27-52(28-25-45)65(10,11)12;/h13-34,36-42,69H,1-12H3;/q-1;/i9D3,10D3,11D3,12D3,39D,40D,41D,42D;. The van der Waals surface area contributed by atoms with Crippen LogP contribution in [0.4, 0.5) is 0 Å². The van der Waals surface area contributed by atoms with Crippen LogP contribution in [0.25, 0.3) is 83.9 Å². The molecule has 1 N–H and O–H groups in total. The van der Waals surface area contributed by atoms with Crippen molar-refractivity contribution in [1.29, 1.82) is 0 Å². The summed E-state index contributed by atoms with van der Waals surface area (Å²) in [7, 11) is 0. The van der Waals surface area contributed by atoms with Crippen LogP contribution >= 0.6 is 0 Å². The molecule has 0 aliphatic rings. The Balaban J connectivity index is 0.00000961. The Morgan fingerprint density at radius 2 is 1.24 bits per heavy atom. The summed E-state index contributed by atoms with van der Waals surface area (Å²) in [6.45, 7) is 0.565. The van der Waals surface area contributed by atoms with E-state index in [1.807, 2.05) is 72.8 Å². The van der Waals surface area contributed by atoms with E-state index >= 15 is 0 Å². The van der Waals surface area contributed by atoms with Crippen molar-refractivity contribution in [1.82, 2.24) is 14.5 Å². The van der Waals surface area contributed by atoms with E-state index in [-0.39, 0.29) is 60.6 Å². The number of nitrogens with zero attached hydrogens (tertiary/aromatic N) is 3. The van der Waals surface area contributed by atoms with Gasteiger partial charge in [-0.15, -0.1) is 23.8 Å². The molecule has 0 aliphatic heterocycles. The van der Waals surface area contributed by atoms with Gasteiger partial charge in [-0.25, -0.2) is 4.98 Å². The molecule has 7 aromatic carbocycles. The van der Waals surface area contributed by atoms with Crippen molar-refractivity contribution in [2.75, 3.05) is 0 Å². The molecule has 0 aliphatic carbocycles. The molecular weight excluding hydrogens is 1030 g/mol. The second-order valence-corrected chi connectivity index (χ2v) is 18.6. The van der Waals surface area contributed by atoms with E-state index in [1.165, 1.54) is 24.3 Å². The molecular formula is C65H66N3OPt-. The number of aromatic nitrogens is 3. The van der Waals surface area contributed by atoms with Crippen molar-refractivity contribution in [2.24, 2.45) is 0 Å². The molecule has 0 amide bonds. The number of fused-ring (bicyclic) bond motifs is 1. The number of rotatable bonds is 11. The fourth-order valence-electron chi connectivity index (χ4n) is 9.12. The second-order valence-electron chi connectivity index (χ2n) is 18.6. The Bertz CT molecular complexity index is 3940. The Labute approximate surface area is 453 Å². The van der Waals surface area contributed by atoms with E-state index in [1.54, 1.807) is 115 Å². The van der Waals surface area contributed by atoms with Crippen molar-refractivity contribution < 1.29 is 48.1 Å². The van der Waals surface area contributed by atoms with Gasteiger partial charge < -0.3 is 5.11 Å². The monoisotopic (exact) mass is 1120 g/mol. The van der Waals surface area contributed by atoms with E-state index in [2.05, 4.69) is 6.07 Å². The van der Waals surface area contributed by atoms with E-state index in [0.29, 0.717) is 72.4 Å². The molecule has 5 heteroatoms. The first kappa shape index (κ1) is 33.3. The summed E-state index contributed by atoms with van der Waals surface area (Å²) < 4.78 is 140. The van der Waals surface area contributed by atoms with Crippen LogP contribution < -0.4 is 0 Å². The maximum Gasteiger partial charge on any atom is 0.148 e. The summed E-state index contributed by atoms with van der Waals surface area (Å²) in [6, 6.07) is 45.3. The van der Waals surface area contributed by atoms with Gasteiger partial charge in [-0.2, -0.15) is 0 Å². The number of phenols is 1. The summed E-state index contributed by atoms with van der Waals surface area (Å²) in [5, 5.41) is 12.5. The summed E-state index contributed by atoms with van der Waals surface area (Å²) in [5.41, 5.74) is 5.17. The quantitative estimate of drug-likeness (QED) is 0.131. The van der Waals surface area contributed by atoms with Gasteiger partial charge in [0.2, 0.25) is 0 Å². The first-order valence-corrected chi connectivity index (χ1v) is 23.0. The normalized spacial score (nSPS) is 16.6. The predicted molar refractivity (Wildman–Crippen MR) is 292 cm³/mol. The first-order chi connectivity index (χ1) is 39.1. The van der Waals surface area contributed by atoms with Gasteiger partial charge in [-0.05, 0) is 127 Å². The molecule has 0 fully saturated rings. The first-order valence-electron chi connectivity index (χ1n) is 31.0. The molecule has 9 rings (SSSR count).